The third-order valence-corrected chi connectivity index (χ3v) is 7.66. The molecule has 0 atom stereocenters. The van der Waals surface area contributed by atoms with Crippen molar-refractivity contribution in [1.82, 2.24) is 15.4 Å². The Morgan fingerprint density at radius 1 is 1.12 bits per heavy atom. The molecule has 3 N–H and O–H groups in total. The first-order valence-corrected chi connectivity index (χ1v) is 14.9. The average Bonchev–Trinajstić information content (AvgIpc) is 3.48. The van der Waals surface area contributed by atoms with Crippen LogP contribution in [0.2, 0.25) is 0 Å². The summed E-state index contributed by atoms with van der Waals surface area (Å²) in [5.41, 5.74) is 0.638. The summed E-state index contributed by atoms with van der Waals surface area (Å²) < 4.78 is 10.5. The van der Waals surface area contributed by atoms with Crippen molar-refractivity contribution < 1.29 is 42.8 Å². The molecular formula is C28H42N6O8S. The van der Waals surface area contributed by atoms with Crippen molar-refractivity contribution in [2.45, 2.75) is 59.0 Å². The van der Waals surface area contributed by atoms with Crippen molar-refractivity contribution >= 4 is 53.1 Å². The molecule has 0 unspecified atom stereocenters. The van der Waals surface area contributed by atoms with E-state index in [0.29, 0.717) is 34.0 Å². The number of rotatable bonds is 10. The van der Waals surface area contributed by atoms with E-state index < -0.39 is 18.2 Å². The van der Waals surface area contributed by atoms with Crippen LogP contribution in [0.4, 0.5) is 16.3 Å². The van der Waals surface area contributed by atoms with Crippen LogP contribution in [-0.2, 0) is 19.1 Å². The van der Waals surface area contributed by atoms with Gasteiger partial charge in [-0.2, -0.15) is 0 Å². The second kappa shape index (κ2) is 16.6. The number of thiophene rings is 1. The molecule has 238 valence electrons. The minimum Gasteiger partial charge on any atom is -0.554 e. The molecule has 0 spiro atoms. The van der Waals surface area contributed by atoms with E-state index in [1.54, 1.807) is 33.9 Å². The van der Waals surface area contributed by atoms with Crippen LogP contribution in [0, 0.1) is 6.92 Å². The summed E-state index contributed by atoms with van der Waals surface area (Å²) >= 11 is 1.24. The van der Waals surface area contributed by atoms with Gasteiger partial charge in [0.05, 0.1) is 18.8 Å². The van der Waals surface area contributed by atoms with E-state index in [4.69, 9.17) is 19.2 Å². The predicted molar refractivity (Wildman–Crippen MR) is 158 cm³/mol. The van der Waals surface area contributed by atoms with Crippen molar-refractivity contribution in [2.24, 2.45) is 0 Å². The summed E-state index contributed by atoms with van der Waals surface area (Å²) in [6, 6.07) is 1.57. The zero-order valence-corrected chi connectivity index (χ0v) is 26.2. The number of nitrogens with one attached hydrogen (secondary N) is 3. The maximum Gasteiger partial charge on any atom is 0.410 e. The van der Waals surface area contributed by atoms with Gasteiger partial charge in [-0.3, -0.25) is 14.4 Å². The number of ether oxygens (including phenoxy) is 1. The van der Waals surface area contributed by atoms with Gasteiger partial charge in [-0.05, 0) is 64.3 Å². The zero-order chi connectivity index (χ0) is 32.0. The highest BCUT2D eigenvalue weighted by atomic mass is 32.1. The van der Waals surface area contributed by atoms with Crippen molar-refractivity contribution in [3.05, 3.63) is 28.2 Å². The Balaban J connectivity index is 0.00000206. The van der Waals surface area contributed by atoms with Crippen LogP contribution in [0.25, 0.3) is 0 Å². The number of hydrogen-bond acceptors (Lipinski definition) is 10. The third kappa shape index (κ3) is 12.0. The molecule has 1 saturated heterocycles. The lowest BCUT2D eigenvalue weighted by Gasteiger charge is -2.36. The van der Waals surface area contributed by atoms with Crippen molar-refractivity contribution in [3.8, 4) is 0 Å². The fourth-order valence-corrected chi connectivity index (χ4v) is 5.52. The van der Waals surface area contributed by atoms with Crippen LogP contribution in [0.3, 0.4) is 0 Å². The quantitative estimate of drug-likeness (QED) is 0.263. The van der Waals surface area contributed by atoms with Crippen LogP contribution in [0.1, 0.15) is 61.7 Å². The molecule has 1 aliphatic rings. The van der Waals surface area contributed by atoms with Gasteiger partial charge in [0, 0.05) is 32.7 Å². The molecule has 3 rings (SSSR count). The molecule has 0 saturated carbocycles. The minimum atomic E-state index is -0.606. The van der Waals surface area contributed by atoms with Gasteiger partial charge in [-0.1, -0.05) is 5.16 Å². The van der Waals surface area contributed by atoms with Gasteiger partial charge < -0.3 is 44.5 Å². The Labute approximate surface area is 255 Å². The SMILES string of the molecule is Cc1csc(C(=O)NCCN(C)C(=O)OC(C)(C)C)c1NC(=O)C[N+]1(CC(=O)Nc2ccon2)CCCCCC1.O=C[O-]. The van der Waals surface area contributed by atoms with Crippen LogP contribution in [0.5, 0.6) is 0 Å². The van der Waals surface area contributed by atoms with Gasteiger partial charge in [0.1, 0.15) is 16.7 Å². The maximum atomic E-state index is 13.3. The first kappa shape index (κ1) is 35.2. The Bertz CT molecular complexity index is 1220. The van der Waals surface area contributed by atoms with Crippen LogP contribution in [0.15, 0.2) is 22.2 Å². The number of hydrogen-bond donors (Lipinski definition) is 3. The number of carbonyl (C=O) groups excluding carboxylic acids is 5. The van der Waals surface area contributed by atoms with E-state index in [0.717, 1.165) is 31.2 Å². The monoisotopic (exact) mass is 622 g/mol. The Kier molecular flexibility index (Phi) is 13.6. The molecule has 4 amide bonds. The fourth-order valence-electron chi connectivity index (χ4n) is 4.59. The molecule has 3 heterocycles. The normalized spacial score (nSPS) is 14.3. The Hall–Kier alpha value is -3.98. The lowest BCUT2D eigenvalue weighted by molar-refractivity contribution is -0.912. The van der Waals surface area contributed by atoms with E-state index in [9.17, 15) is 19.2 Å². The third-order valence-electron chi connectivity index (χ3n) is 6.56. The summed E-state index contributed by atoms with van der Waals surface area (Å²) in [5.74, 6) is -0.482. The second-order valence-electron chi connectivity index (χ2n) is 11.4. The summed E-state index contributed by atoms with van der Waals surface area (Å²) in [6.07, 6.45) is 4.88. The van der Waals surface area contributed by atoms with Crippen molar-refractivity contribution in [2.75, 3.05) is 56.9 Å². The highest BCUT2D eigenvalue weighted by Crippen LogP contribution is 2.28. The lowest BCUT2D eigenvalue weighted by atomic mass is 10.2. The van der Waals surface area contributed by atoms with Crippen LogP contribution >= 0.6 is 11.3 Å². The molecule has 0 bridgehead atoms. The number of anilines is 2. The predicted octanol–water partition coefficient (Wildman–Crippen LogP) is 1.98. The van der Waals surface area contributed by atoms with E-state index in [-0.39, 0.29) is 43.9 Å². The maximum absolute atomic E-state index is 13.3. The second-order valence-corrected chi connectivity index (χ2v) is 12.3. The smallest absolute Gasteiger partial charge is 0.410 e. The summed E-state index contributed by atoms with van der Waals surface area (Å²) in [7, 11) is 1.61. The Morgan fingerprint density at radius 2 is 1.72 bits per heavy atom. The van der Waals surface area contributed by atoms with E-state index in [1.165, 1.54) is 22.5 Å². The van der Waals surface area contributed by atoms with Crippen molar-refractivity contribution in [1.29, 1.82) is 0 Å². The molecule has 2 aromatic heterocycles. The highest BCUT2D eigenvalue weighted by molar-refractivity contribution is 7.13. The lowest BCUT2D eigenvalue weighted by Crippen LogP contribution is -2.56. The number of likely N-dealkylation sites (N-methyl/N-ethyl adjacent to an activating group) is 1. The summed E-state index contributed by atoms with van der Waals surface area (Å²) in [4.78, 5) is 61.3. The number of aromatic nitrogens is 1. The minimum absolute atomic E-state index is 0.114. The first-order chi connectivity index (χ1) is 20.3. The molecule has 1 fully saturated rings. The topological polar surface area (TPSA) is 183 Å². The summed E-state index contributed by atoms with van der Waals surface area (Å²) in [6.45, 7) is 8.87. The van der Waals surface area contributed by atoms with E-state index in [1.807, 2.05) is 12.3 Å². The molecule has 15 heteroatoms. The molecule has 0 radical (unpaired) electrons. The van der Waals surface area contributed by atoms with Crippen LogP contribution in [-0.4, -0.2) is 96.7 Å². The van der Waals surface area contributed by atoms with Gasteiger partial charge in [0.25, 0.3) is 17.7 Å². The van der Waals surface area contributed by atoms with Gasteiger partial charge in [0.2, 0.25) is 0 Å². The van der Waals surface area contributed by atoms with Crippen LogP contribution < -0.4 is 21.1 Å². The number of carboxylic acid groups (broad SMARTS) is 1. The van der Waals surface area contributed by atoms with E-state index in [2.05, 4.69) is 21.1 Å². The molecule has 1 aliphatic heterocycles. The van der Waals surface area contributed by atoms with Gasteiger partial charge >= 0.3 is 6.09 Å². The highest BCUT2D eigenvalue weighted by Gasteiger charge is 2.35. The Morgan fingerprint density at radius 3 is 2.28 bits per heavy atom. The molecule has 2 aromatic rings. The van der Waals surface area contributed by atoms with Gasteiger partial charge in [0.15, 0.2) is 18.9 Å². The van der Waals surface area contributed by atoms with Gasteiger partial charge in [-0.15, -0.1) is 11.3 Å². The number of likely N-dealkylation sites (tertiary alicyclic amines) is 1. The number of amides is 4. The average molecular weight is 623 g/mol. The standard InChI is InChI=1S/C27H40N6O6S.CH2O2/c1-19-18-40-24(25(36)28-11-12-32(5)26(37)39-27(2,3)4)23(19)30-22(35)17-33(13-8-6-7-9-14-33)16-21(34)29-20-10-15-38-31-20;2-1-3/h10,15,18H,6-9,11-14,16-17H2,1-5H3,(H2-,28,29,30,31,34,35,36);1H,(H,2,3). The summed E-state index contributed by atoms with van der Waals surface area (Å²) in [5, 5.41) is 22.3. The van der Waals surface area contributed by atoms with Gasteiger partial charge in [-0.25, -0.2) is 4.79 Å². The van der Waals surface area contributed by atoms with E-state index >= 15 is 0 Å². The zero-order valence-electron chi connectivity index (χ0n) is 25.4. The number of nitrogens with zero attached hydrogens (tertiary/aromatic N) is 3. The largest absolute Gasteiger partial charge is 0.554 e. The molecule has 14 nitrogen and oxygen atoms in total. The molecule has 43 heavy (non-hydrogen) atoms. The first-order valence-electron chi connectivity index (χ1n) is 14.0. The fraction of sp³-hybridized carbons (Fsp3) is 0.571. The number of carbonyl (C=O) groups is 5. The number of aryl methyl sites for hydroxylation is 1. The molecular weight excluding hydrogens is 580 g/mol. The van der Waals surface area contributed by atoms with Crippen molar-refractivity contribution in [3.63, 3.8) is 0 Å². The molecule has 0 aromatic carbocycles. The molecule has 0 aliphatic carbocycles. The number of quaternary nitrogens is 1.